The molecule has 2 aromatic carbocycles. The highest BCUT2D eigenvalue weighted by Gasteiger charge is 2.26. The number of aromatic hydroxyl groups is 1. The fourth-order valence-electron chi connectivity index (χ4n) is 2.38. The van der Waals surface area contributed by atoms with Crippen LogP contribution >= 0.6 is 0 Å². The third-order valence-electron chi connectivity index (χ3n) is 3.44. The summed E-state index contributed by atoms with van der Waals surface area (Å²) < 4.78 is 9.86. The summed E-state index contributed by atoms with van der Waals surface area (Å²) in [5, 5.41) is 10.3. The van der Waals surface area contributed by atoms with Gasteiger partial charge < -0.3 is 14.6 Å². The van der Waals surface area contributed by atoms with Crippen molar-refractivity contribution >= 4 is 11.9 Å². The van der Waals surface area contributed by atoms with Crippen LogP contribution in [0.3, 0.4) is 0 Å². The van der Waals surface area contributed by atoms with E-state index in [2.05, 4.69) is 0 Å². The van der Waals surface area contributed by atoms with Crippen LogP contribution in [0, 0.1) is 6.92 Å². The molecule has 0 saturated carbocycles. The molecule has 120 valence electrons. The van der Waals surface area contributed by atoms with Gasteiger partial charge in [-0.1, -0.05) is 30.3 Å². The van der Waals surface area contributed by atoms with E-state index in [1.807, 2.05) is 6.07 Å². The van der Waals surface area contributed by atoms with E-state index < -0.39 is 11.9 Å². The van der Waals surface area contributed by atoms with E-state index in [0.29, 0.717) is 16.7 Å². The number of carbonyl (C=O) groups is 2. The Hall–Kier alpha value is -2.82. The highest BCUT2D eigenvalue weighted by atomic mass is 16.5. The zero-order valence-electron chi connectivity index (χ0n) is 13.3. The Bertz CT molecular complexity index is 735. The zero-order chi connectivity index (χ0) is 17.0. The number of hydrogen-bond acceptors (Lipinski definition) is 5. The molecule has 0 radical (unpaired) electrons. The summed E-state index contributed by atoms with van der Waals surface area (Å²) in [5.74, 6) is -1.47. The lowest BCUT2D eigenvalue weighted by Crippen LogP contribution is -2.12. The van der Waals surface area contributed by atoms with Gasteiger partial charge in [0.25, 0.3) is 0 Å². The lowest BCUT2D eigenvalue weighted by atomic mass is 9.91. The Kier molecular flexibility index (Phi) is 5.01. The van der Waals surface area contributed by atoms with Gasteiger partial charge in [0.1, 0.15) is 11.3 Å². The second-order valence-corrected chi connectivity index (χ2v) is 4.92. The first-order valence-corrected chi connectivity index (χ1v) is 7.18. The van der Waals surface area contributed by atoms with Gasteiger partial charge in [-0.15, -0.1) is 0 Å². The van der Waals surface area contributed by atoms with Crippen molar-refractivity contribution in [1.82, 2.24) is 0 Å². The van der Waals surface area contributed by atoms with Crippen molar-refractivity contribution in [2.24, 2.45) is 0 Å². The number of rotatable bonds is 4. The molecule has 5 heteroatoms. The molecule has 23 heavy (non-hydrogen) atoms. The number of carbonyl (C=O) groups excluding carboxylic acids is 2. The lowest BCUT2D eigenvalue weighted by Gasteiger charge is -2.16. The standard InChI is InChI=1S/C18H18O5/c1-4-23-17(20)13-10-11(2)16(19)15(18(21)22-3)14(13)12-8-6-5-7-9-12/h5-10,19H,4H2,1-3H3. The van der Waals surface area contributed by atoms with Crippen LogP contribution < -0.4 is 0 Å². The molecule has 0 atom stereocenters. The van der Waals surface area contributed by atoms with Crippen molar-refractivity contribution in [2.45, 2.75) is 13.8 Å². The van der Waals surface area contributed by atoms with Crippen molar-refractivity contribution in [3.05, 3.63) is 53.1 Å². The SMILES string of the molecule is CCOC(=O)c1cc(C)c(O)c(C(=O)OC)c1-c1ccccc1. The Morgan fingerprint density at radius 2 is 1.78 bits per heavy atom. The predicted octanol–water partition coefficient (Wildman–Crippen LogP) is 3.33. The first kappa shape index (κ1) is 16.5. The van der Waals surface area contributed by atoms with E-state index in [1.54, 1.807) is 38.1 Å². The van der Waals surface area contributed by atoms with Crippen LogP contribution in [0.4, 0.5) is 0 Å². The molecule has 0 bridgehead atoms. The number of hydrogen-bond donors (Lipinski definition) is 1. The summed E-state index contributed by atoms with van der Waals surface area (Å²) in [7, 11) is 1.23. The molecule has 0 heterocycles. The van der Waals surface area contributed by atoms with Gasteiger partial charge in [0.15, 0.2) is 0 Å². The Labute approximate surface area is 134 Å². The molecule has 0 aromatic heterocycles. The Morgan fingerprint density at radius 3 is 2.35 bits per heavy atom. The number of aryl methyl sites for hydroxylation is 1. The summed E-state index contributed by atoms with van der Waals surface area (Å²) in [6, 6.07) is 10.4. The Balaban J connectivity index is 2.84. The van der Waals surface area contributed by atoms with E-state index in [9.17, 15) is 14.7 Å². The molecule has 0 amide bonds. The molecule has 0 unspecified atom stereocenters. The normalized spacial score (nSPS) is 10.2. The molecule has 0 aliphatic heterocycles. The van der Waals surface area contributed by atoms with Crippen LogP contribution in [0.1, 0.15) is 33.2 Å². The molecular formula is C18H18O5. The van der Waals surface area contributed by atoms with Gasteiger partial charge >= 0.3 is 11.9 Å². The molecule has 0 fully saturated rings. The van der Waals surface area contributed by atoms with Crippen molar-refractivity contribution in [3.8, 4) is 16.9 Å². The summed E-state index contributed by atoms with van der Waals surface area (Å²) in [4.78, 5) is 24.5. The van der Waals surface area contributed by atoms with Crippen LogP contribution in [0.2, 0.25) is 0 Å². The van der Waals surface area contributed by atoms with Crippen molar-refractivity contribution in [3.63, 3.8) is 0 Å². The summed E-state index contributed by atoms with van der Waals surface area (Å²) in [6.07, 6.45) is 0. The zero-order valence-corrected chi connectivity index (χ0v) is 13.3. The van der Waals surface area contributed by atoms with Gasteiger partial charge in [-0.2, -0.15) is 0 Å². The van der Waals surface area contributed by atoms with Gasteiger partial charge in [0.05, 0.1) is 19.3 Å². The molecule has 2 rings (SSSR count). The maximum Gasteiger partial charge on any atom is 0.342 e. The quantitative estimate of drug-likeness (QED) is 0.876. The van der Waals surface area contributed by atoms with E-state index in [4.69, 9.17) is 9.47 Å². The number of phenolic OH excluding ortho intramolecular Hbond substituents is 1. The molecule has 0 spiro atoms. The fraction of sp³-hybridized carbons (Fsp3) is 0.222. The first-order chi connectivity index (χ1) is 11.0. The van der Waals surface area contributed by atoms with E-state index in [-0.39, 0.29) is 23.5 Å². The van der Waals surface area contributed by atoms with Crippen molar-refractivity contribution in [1.29, 1.82) is 0 Å². The summed E-state index contributed by atoms with van der Waals surface area (Å²) >= 11 is 0. The largest absolute Gasteiger partial charge is 0.507 e. The van der Waals surface area contributed by atoms with Gasteiger partial charge in [-0.25, -0.2) is 9.59 Å². The van der Waals surface area contributed by atoms with Crippen LogP contribution in [0.25, 0.3) is 11.1 Å². The smallest absolute Gasteiger partial charge is 0.342 e. The van der Waals surface area contributed by atoms with E-state index >= 15 is 0 Å². The summed E-state index contributed by atoms with van der Waals surface area (Å²) in [6.45, 7) is 3.52. The minimum absolute atomic E-state index is 0.0400. The minimum atomic E-state index is -0.712. The van der Waals surface area contributed by atoms with Gasteiger partial charge in [0, 0.05) is 5.56 Å². The monoisotopic (exact) mass is 314 g/mol. The maximum atomic E-state index is 12.3. The van der Waals surface area contributed by atoms with Crippen molar-refractivity contribution < 1.29 is 24.2 Å². The maximum absolute atomic E-state index is 12.3. The number of benzene rings is 2. The van der Waals surface area contributed by atoms with Gasteiger partial charge in [0.2, 0.25) is 0 Å². The topological polar surface area (TPSA) is 72.8 Å². The third-order valence-corrected chi connectivity index (χ3v) is 3.44. The molecule has 0 aliphatic rings. The van der Waals surface area contributed by atoms with Crippen LogP contribution in [0.15, 0.2) is 36.4 Å². The molecular weight excluding hydrogens is 296 g/mol. The van der Waals surface area contributed by atoms with Crippen LogP contribution in [-0.4, -0.2) is 30.8 Å². The fourth-order valence-corrected chi connectivity index (χ4v) is 2.38. The molecule has 0 saturated heterocycles. The van der Waals surface area contributed by atoms with E-state index in [0.717, 1.165) is 0 Å². The predicted molar refractivity (Wildman–Crippen MR) is 85.6 cm³/mol. The highest BCUT2D eigenvalue weighted by molar-refractivity contribution is 6.08. The number of ether oxygens (including phenoxy) is 2. The Morgan fingerprint density at radius 1 is 1.13 bits per heavy atom. The highest BCUT2D eigenvalue weighted by Crippen LogP contribution is 2.37. The molecule has 1 N–H and O–H groups in total. The van der Waals surface area contributed by atoms with Crippen molar-refractivity contribution in [2.75, 3.05) is 13.7 Å². The number of esters is 2. The number of methoxy groups -OCH3 is 1. The van der Waals surface area contributed by atoms with Gasteiger partial charge in [-0.3, -0.25) is 0 Å². The number of phenols is 1. The van der Waals surface area contributed by atoms with Crippen LogP contribution in [0.5, 0.6) is 5.75 Å². The van der Waals surface area contributed by atoms with E-state index in [1.165, 1.54) is 13.2 Å². The van der Waals surface area contributed by atoms with Crippen LogP contribution in [-0.2, 0) is 9.47 Å². The average molecular weight is 314 g/mol. The lowest BCUT2D eigenvalue weighted by molar-refractivity contribution is 0.0527. The molecule has 5 nitrogen and oxygen atoms in total. The molecule has 2 aromatic rings. The molecule has 0 aliphatic carbocycles. The van der Waals surface area contributed by atoms with Gasteiger partial charge in [-0.05, 0) is 31.0 Å². The summed E-state index contributed by atoms with van der Waals surface area (Å²) in [5.41, 5.74) is 1.49. The second kappa shape index (κ2) is 6.96. The third kappa shape index (κ3) is 3.18. The first-order valence-electron chi connectivity index (χ1n) is 7.18. The average Bonchev–Trinajstić information content (AvgIpc) is 2.57. The second-order valence-electron chi connectivity index (χ2n) is 4.92. The minimum Gasteiger partial charge on any atom is -0.507 e.